The van der Waals surface area contributed by atoms with Crippen molar-refractivity contribution < 1.29 is 23.5 Å². The zero-order valence-corrected chi connectivity index (χ0v) is 14.1. The van der Waals surface area contributed by atoms with Crippen molar-refractivity contribution in [2.45, 2.75) is 19.1 Å². The Morgan fingerprint density at radius 2 is 2.00 bits per heavy atom. The highest BCUT2D eigenvalue weighted by molar-refractivity contribution is 5.96. The second kappa shape index (κ2) is 6.88. The van der Waals surface area contributed by atoms with Crippen molar-refractivity contribution >= 4 is 11.7 Å². The van der Waals surface area contributed by atoms with Gasteiger partial charge in [0, 0.05) is 31.1 Å². The minimum atomic E-state index is -0.628. The van der Waals surface area contributed by atoms with E-state index in [9.17, 15) is 14.0 Å². The van der Waals surface area contributed by atoms with Crippen LogP contribution in [0.15, 0.2) is 42.5 Å². The normalized spacial score (nSPS) is 16.7. The van der Waals surface area contributed by atoms with E-state index < -0.39 is 5.82 Å². The van der Waals surface area contributed by atoms with Crippen molar-refractivity contribution in [1.29, 1.82) is 0 Å². The maximum absolute atomic E-state index is 14.3. The zero-order valence-electron chi connectivity index (χ0n) is 14.1. The molecule has 0 saturated carbocycles. The highest BCUT2D eigenvalue weighted by Gasteiger charge is 2.34. The van der Waals surface area contributed by atoms with Gasteiger partial charge in [-0.3, -0.25) is 9.59 Å². The molecule has 134 valence electrons. The van der Waals surface area contributed by atoms with Crippen LogP contribution in [0.1, 0.15) is 21.5 Å². The first-order chi connectivity index (χ1) is 12.6. The van der Waals surface area contributed by atoms with E-state index in [1.807, 2.05) is 30.3 Å². The van der Waals surface area contributed by atoms with E-state index in [2.05, 4.69) is 0 Å². The lowest BCUT2D eigenvalue weighted by Gasteiger charge is -2.39. The average molecular weight is 355 g/mol. The molecule has 0 radical (unpaired) electrons. The Balaban J connectivity index is 1.37. The molecule has 6 heteroatoms. The number of fused-ring (bicyclic) bond motifs is 1. The van der Waals surface area contributed by atoms with Crippen LogP contribution in [0, 0.1) is 5.82 Å². The molecule has 1 fully saturated rings. The number of rotatable bonds is 4. The summed E-state index contributed by atoms with van der Waals surface area (Å²) in [7, 11) is 0. The largest absolute Gasteiger partial charge is 0.485 e. The van der Waals surface area contributed by atoms with Gasteiger partial charge in [-0.1, -0.05) is 30.3 Å². The molecule has 26 heavy (non-hydrogen) atoms. The molecule has 2 aliphatic rings. The fourth-order valence-electron chi connectivity index (χ4n) is 3.13. The van der Waals surface area contributed by atoms with Crippen LogP contribution in [0.3, 0.4) is 0 Å². The van der Waals surface area contributed by atoms with E-state index in [0.717, 1.165) is 5.56 Å². The predicted molar refractivity (Wildman–Crippen MR) is 91.5 cm³/mol. The van der Waals surface area contributed by atoms with Crippen molar-refractivity contribution in [3.63, 3.8) is 0 Å². The second-order valence-electron chi connectivity index (χ2n) is 6.57. The van der Waals surface area contributed by atoms with Crippen LogP contribution in [0.4, 0.5) is 4.39 Å². The number of hydrogen-bond acceptors (Lipinski definition) is 4. The van der Waals surface area contributed by atoms with Gasteiger partial charge in [-0.2, -0.15) is 0 Å². The van der Waals surface area contributed by atoms with E-state index in [1.54, 1.807) is 4.90 Å². The maximum Gasteiger partial charge on any atom is 0.257 e. The minimum absolute atomic E-state index is 0.0245. The molecule has 2 aliphatic heterocycles. The third kappa shape index (κ3) is 3.32. The summed E-state index contributed by atoms with van der Waals surface area (Å²) < 4.78 is 25.2. The van der Waals surface area contributed by atoms with Gasteiger partial charge in [0.1, 0.15) is 18.2 Å². The van der Waals surface area contributed by atoms with Gasteiger partial charge < -0.3 is 14.4 Å². The van der Waals surface area contributed by atoms with Gasteiger partial charge in [0.15, 0.2) is 5.78 Å². The van der Waals surface area contributed by atoms with Gasteiger partial charge >= 0.3 is 0 Å². The van der Waals surface area contributed by atoms with Gasteiger partial charge in [0.2, 0.25) is 0 Å². The molecule has 2 aromatic rings. The Kier molecular flexibility index (Phi) is 4.42. The van der Waals surface area contributed by atoms with Crippen molar-refractivity contribution in [2.75, 3.05) is 19.7 Å². The molecular weight excluding hydrogens is 337 g/mol. The number of carbonyl (C=O) groups is 2. The van der Waals surface area contributed by atoms with E-state index >= 15 is 0 Å². The average Bonchev–Trinajstić information content (AvgIpc) is 2.61. The lowest BCUT2D eigenvalue weighted by Crippen LogP contribution is -2.54. The summed E-state index contributed by atoms with van der Waals surface area (Å²) in [5.74, 6) is -0.758. The number of Topliss-reactive ketones (excluding diaryl/α,β-unsaturated/α-hetero) is 1. The van der Waals surface area contributed by atoms with Gasteiger partial charge in [-0.15, -0.1) is 0 Å². The van der Waals surface area contributed by atoms with E-state index in [1.165, 1.54) is 12.1 Å². The molecule has 0 bridgehead atoms. The van der Waals surface area contributed by atoms with Crippen LogP contribution in [0.25, 0.3) is 0 Å². The molecule has 0 N–H and O–H groups in total. The maximum atomic E-state index is 14.3. The molecule has 2 aromatic carbocycles. The van der Waals surface area contributed by atoms with E-state index in [4.69, 9.17) is 9.47 Å². The molecule has 0 spiro atoms. The monoisotopic (exact) mass is 355 g/mol. The summed E-state index contributed by atoms with van der Waals surface area (Å²) in [5, 5.41) is 0. The van der Waals surface area contributed by atoms with Crippen LogP contribution in [-0.2, 0) is 22.6 Å². The highest BCUT2D eigenvalue weighted by atomic mass is 19.1. The van der Waals surface area contributed by atoms with E-state index in [0.29, 0.717) is 31.0 Å². The lowest BCUT2D eigenvalue weighted by atomic mass is 10.0. The third-order valence-electron chi connectivity index (χ3n) is 4.62. The molecule has 1 saturated heterocycles. The van der Waals surface area contributed by atoms with Crippen molar-refractivity contribution in [3.8, 4) is 5.75 Å². The zero-order chi connectivity index (χ0) is 18.1. The number of carbonyl (C=O) groups excluding carboxylic acids is 2. The van der Waals surface area contributed by atoms with Crippen molar-refractivity contribution in [3.05, 3.63) is 65.0 Å². The number of hydrogen-bond donors (Lipinski definition) is 0. The second-order valence-corrected chi connectivity index (χ2v) is 6.57. The van der Waals surface area contributed by atoms with Gasteiger partial charge in [-0.05, 0) is 11.6 Å². The number of halogens is 1. The highest BCUT2D eigenvalue weighted by Crippen LogP contribution is 2.28. The minimum Gasteiger partial charge on any atom is -0.485 e. The molecule has 1 amide bonds. The first-order valence-electron chi connectivity index (χ1n) is 8.52. The van der Waals surface area contributed by atoms with Gasteiger partial charge in [0.25, 0.3) is 5.91 Å². The SMILES string of the molecule is O=C1COc2cc(F)c(C(=O)N3CC(OCc4ccccc4)C3)cc2C1. The molecule has 0 atom stereocenters. The summed E-state index contributed by atoms with van der Waals surface area (Å²) in [6, 6.07) is 12.4. The number of benzene rings is 2. The molecular formula is C20H18FNO4. The molecule has 2 heterocycles. The summed E-state index contributed by atoms with van der Waals surface area (Å²) in [6.07, 6.45) is 0.114. The number of amides is 1. The number of likely N-dealkylation sites (tertiary alicyclic amines) is 1. The standard InChI is InChI=1S/C20H18FNO4/c21-18-8-19-14(6-15(23)12-26-19)7-17(18)20(24)22-9-16(10-22)25-11-13-4-2-1-3-5-13/h1-5,7-8,16H,6,9-12H2. The Morgan fingerprint density at radius 1 is 1.23 bits per heavy atom. The Bertz CT molecular complexity index is 846. The number of ketones is 1. The fraction of sp³-hybridized carbons (Fsp3) is 0.300. The first-order valence-corrected chi connectivity index (χ1v) is 8.52. The van der Waals surface area contributed by atoms with Crippen LogP contribution >= 0.6 is 0 Å². The molecule has 5 nitrogen and oxygen atoms in total. The molecule has 0 aromatic heterocycles. The molecule has 0 aliphatic carbocycles. The fourth-order valence-corrected chi connectivity index (χ4v) is 3.13. The van der Waals surface area contributed by atoms with Gasteiger partial charge in [-0.25, -0.2) is 4.39 Å². The summed E-state index contributed by atoms with van der Waals surface area (Å²) in [4.78, 5) is 25.6. The summed E-state index contributed by atoms with van der Waals surface area (Å²) >= 11 is 0. The molecule has 0 unspecified atom stereocenters. The van der Waals surface area contributed by atoms with Crippen LogP contribution in [-0.4, -0.2) is 42.4 Å². The first kappa shape index (κ1) is 16.7. The number of nitrogens with zero attached hydrogens (tertiary/aromatic N) is 1. The van der Waals surface area contributed by atoms with Crippen LogP contribution in [0.5, 0.6) is 5.75 Å². The predicted octanol–water partition coefficient (Wildman–Crippen LogP) is 2.37. The summed E-state index contributed by atoms with van der Waals surface area (Å²) in [6.45, 7) is 1.29. The number of ether oxygens (including phenoxy) is 2. The Morgan fingerprint density at radius 3 is 2.77 bits per heavy atom. The van der Waals surface area contributed by atoms with E-state index in [-0.39, 0.29) is 36.4 Å². The third-order valence-corrected chi connectivity index (χ3v) is 4.62. The summed E-state index contributed by atoms with van der Waals surface area (Å²) in [5.41, 5.74) is 1.61. The van der Waals surface area contributed by atoms with Crippen LogP contribution in [0.2, 0.25) is 0 Å². The van der Waals surface area contributed by atoms with Gasteiger partial charge in [0.05, 0.1) is 18.3 Å². The van der Waals surface area contributed by atoms with Crippen LogP contribution < -0.4 is 4.74 Å². The molecule has 4 rings (SSSR count). The quantitative estimate of drug-likeness (QED) is 0.845. The Labute approximate surface area is 150 Å². The topological polar surface area (TPSA) is 55.8 Å². The van der Waals surface area contributed by atoms with Crippen molar-refractivity contribution in [2.24, 2.45) is 0 Å². The Hall–Kier alpha value is -2.73. The smallest absolute Gasteiger partial charge is 0.257 e. The lowest BCUT2D eigenvalue weighted by molar-refractivity contribution is -0.121. The van der Waals surface area contributed by atoms with Crippen molar-refractivity contribution in [1.82, 2.24) is 4.90 Å².